The fraction of sp³-hybridized carbons (Fsp3) is 0. The Morgan fingerprint density at radius 3 is 2.24 bits per heavy atom. The molecule has 2 aromatic carbocycles. The van der Waals surface area contributed by atoms with Gasteiger partial charge in [0.1, 0.15) is 10.7 Å². The Hall–Kier alpha value is -0.510. The van der Waals surface area contributed by atoms with Gasteiger partial charge in [-0.15, -0.1) is 0 Å². The molecule has 3 nitrogen and oxygen atoms in total. The number of anilines is 1. The van der Waals surface area contributed by atoms with Crippen LogP contribution >= 0.6 is 47.8 Å². The second kappa shape index (κ2) is 6.31. The highest BCUT2D eigenvalue weighted by atomic mass is 79.9. The fourth-order valence-electron chi connectivity index (χ4n) is 1.51. The van der Waals surface area contributed by atoms with Crippen LogP contribution < -0.4 is 4.72 Å². The minimum absolute atomic E-state index is 0.0327. The van der Waals surface area contributed by atoms with E-state index in [4.69, 9.17) is 0 Å². The lowest BCUT2D eigenvalue weighted by atomic mass is 10.3. The van der Waals surface area contributed by atoms with Crippen molar-refractivity contribution in [3.05, 3.63) is 55.4 Å². The van der Waals surface area contributed by atoms with Crippen LogP contribution in [0.3, 0.4) is 0 Å². The van der Waals surface area contributed by atoms with E-state index in [1.807, 2.05) is 0 Å². The molecule has 0 atom stereocenters. The predicted octanol–water partition coefficient (Wildman–Crippen LogP) is 5.05. The summed E-state index contributed by atoms with van der Waals surface area (Å²) in [7, 11) is -4.04. The third-order valence-corrected chi connectivity index (χ3v) is 5.89. The number of sulfonamides is 1. The van der Waals surface area contributed by atoms with Crippen molar-refractivity contribution in [2.24, 2.45) is 0 Å². The van der Waals surface area contributed by atoms with Crippen molar-refractivity contribution in [1.29, 1.82) is 0 Å². The second-order valence-electron chi connectivity index (χ2n) is 3.92. The summed E-state index contributed by atoms with van der Waals surface area (Å²) in [6.07, 6.45) is 0. The number of hydrogen-bond donors (Lipinski definition) is 1. The largest absolute Gasteiger partial charge is 0.275 e. The highest BCUT2D eigenvalue weighted by molar-refractivity contribution is 9.11. The van der Waals surface area contributed by atoms with Gasteiger partial charge < -0.3 is 0 Å². The van der Waals surface area contributed by atoms with Crippen molar-refractivity contribution in [2.45, 2.75) is 4.90 Å². The predicted molar refractivity (Wildman–Crippen MR) is 86.7 cm³/mol. The van der Waals surface area contributed by atoms with Crippen molar-refractivity contribution < 1.29 is 17.2 Å². The van der Waals surface area contributed by atoms with E-state index in [-0.39, 0.29) is 15.1 Å². The van der Waals surface area contributed by atoms with E-state index in [0.717, 1.165) is 6.07 Å². The van der Waals surface area contributed by atoms with Gasteiger partial charge >= 0.3 is 0 Å². The van der Waals surface area contributed by atoms with Gasteiger partial charge in [-0.1, -0.05) is 15.9 Å². The SMILES string of the molecule is O=S(=O)(Nc1c(F)cc(F)cc1Br)c1cc(Br)ccc1Br. The van der Waals surface area contributed by atoms with Crippen LogP contribution in [0.25, 0.3) is 0 Å². The minimum atomic E-state index is -4.04. The van der Waals surface area contributed by atoms with Gasteiger partial charge in [-0.05, 0) is 56.1 Å². The van der Waals surface area contributed by atoms with Gasteiger partial charge in [0.25, 0.3) is 10.0 Å². The number of benzene rings is 2. The summed E-state index contributed by atoms with van der Waals surface area (Å²) < 4.78 is 54.3. The smallest absolute Gasteiger partial charge is 0.263 e. The number of rotatable bonds is 3. The molecule has 21 heavy (non-hydrogen) atoms. The molecule has 0 aromatic heterocycles. The first kappa shape index (κ1) is 16.9. The van der Waals surface area contributed by atoms with E-state index in [1.165, 1.54) is 12.1 Å². The molecule has 0 aliphatic rings. The molecule has 0 unspecified atom stereocenters. The van der Waals surface area contributed by atoms with Crippen molar-refractivity contribution in [3.8, 4) is 0 Å². The molecule has 0 radical (unpaired) electrons. The van der Waals surface area contributed by atoms with Crippen LogP contribution in [0.15, 0.2) is 48.6 Å². The summed E-state index contributed by atoms with van der Waals surface area (Å²) in [6, 6.07) is 6.11. The summed E-state index contributed by atoms with van der Waals surface area (Å²) in [6.45, 7) is 0. The summed E-state index contributed by atoms with van der Waals surface area (Å²) >= 11 is 9.22. The Labute approximate surface area is 145 Å². The lowest BCUT2D eigenvalue weighted by molar-refractivity contribution is 0.581. The van der Waals surface area contributed by atoms with Crippen LogP contribution in [0, 0.1) is 11.6 Å². The second-order valence-corrected chi connectivity index (χ2v) is 8.20. The molecule has 0 heterocycles. The molecule has 1 N–H and O–H groups in total. The third-order valence-electron chi connectivity index (χ3n) is 2.43. The van der Waals surface area contributed by atoms with Gasteiger partial charge in [0.15, 0.2) is 5.82 Å². The molecule has 0 saturated carbocycles. The van der Waals surface area contributed by atoms with Crippen molar-refractivity contribution in [2.75, 3.05) is 4.72 Å². The Morgan fingerprint density at radius 1 is 0.952 bits per heavy atom. The third kappa shape index (κ3) is 3.82. The molecular formula is C12H6Br3F2NO2S. The number of nitrogens with one attached hydrogen (secondary N) is 1. The van der Waals surface area contributed by atoms with Crippen molar-refractivity contribution >= 4 is 63.5 Å². The van der Waals surface area contributed by atoms with E-state index >= 15 is 0 Å². The maximum absolute atomic E-state index is 13.7. The topological polar surface area (TPSA) is 46.2 Å². The van der Waals surface area contributed by atoms with Gasteiger partial charge in [-0.25, -0.2) is 17.2 Å². The first-order valence-corrected chi connectivity index (χ1v) is 9.19. The van der Waals surface area contributed by atoms with Gasteiger partial charge in [0.05, 0.1) is 5.69 Å². The lowest BCUT2D eigenvalue weighted by Gasteiger charge is -2.12. The molecule has 2 aromatic rings. The van der Waals surface area contributed by atoms with Crippen molar-refractivity contribution in [3.63, 3.8) is 0 Å². The average molecular weight is 506 g/mol. The van der Waals surface area contributed by atoms with Crippen LogP contribution in [0.1, 0.15) is 0 Å². The molecule has 112 valence electrons. The number of hydrogen-bond acceptors (Lipinski definition) is 2. The maximum Gasteiger partial charge on any atom is 0.263 e. The van der Waals surface area contributed by atoms with E-state index < -0.39 is 21.7 Å². The van der Waals surface area contributed by atoms with E-state index in [2.05, 4.69) is 52.5 Å². The zero-order valence-corrected chi connectivity index (χ0v) is 15.6. The quantitative estimate of drug-likeness (QED) is 0.634. The Morgan fingerprint density at radius 2 is 1.62 bits per heavy atom. The molecule has 0 aliphatic carbocycles. The molecular weight excluding hydrogens is 500 g/mol. The van der Waals surface area contributed by atoms with Crippen molar-refractivity contribution in [1.82, 2.24) is 0 Å². The van der Waals surface area contributed by atoms with Crippen LogP contribution in [0.4, 0.5) is 14.5 Å². The lowest BCUT2D eigenvalue weighted by Crippen LogP contribution is -2.15. The number of halogens is 5. The van der Waals surface area contributed by atoms with Crippen LogP contribution in [-0.4, -0.2) is 8.42 Å². The standard InChI is InChI=1S/C12H6Br3F2NO2S/c13-6-1-2-8(14)11(3-6)21(19,20)18-12-9(15)4-7(16)5-10(12)17/h1-5,18H. The average Bonchev–Trinajstić information content (AvgIpc) is 2.36. The highest BCUT2D eigenvalue weighted by Crippen LogP contribution is 2.32. The summed E-state index contributed by atoms with van der Waals surface area (Å²) in [4.78, 5) is -0.0764. The Bertz CT molecular complexity index is 789. The molecule has 0 bridgehead atoms. The summed E-state index contributed by atoms with van der Waals surface area (Å²) in [5.41, 5.74) is -0.358. The molecule has 0 fully saturated rings. The molecule has 2 rings (SSSR count). The molecule has 9 heteroatoms. The van der Waals surface area contributed by atoms with Crippen LogP contribution in [0.2, 0.25) is 0 Å². The highest BCUT2D eigenvalue weighted by Gasteiger charge is 2.21. The zero-order chi connectivity index (χ0) is 15.8. The normalized spacial score (nSPS) is 11.5. The molecule has 0 amide bonds. The molecule has 0 aliphatic heterocycles. The Balaban J connectivity index is 2.50. The van der Waals surface area contributed by atoms with Gasteiger partial charge in [-0.3, -0.25) is 4.72 Å². The molecule has 0 saturated heterocycles. The van der Waals surface area contributed by atoms with E-state index in [1.54, 1.807) is 6.07 Å². The van der Waals surface area contributed by atoms with Crippen LogP contribution in [0.5, 0.6) is 0 Å². The van der Waals surface area contributed by atoms with Gasteiger partial charge in [0.2, 0.25) is 0 Å². The fourth-order valence-corrected chi connectivity index (χ4v) is 4.74. The molecule has 0 spiro atoms. The maximum atomic E-state index is 13.7. The first-order valence-electron chi connectivity index (χ1n) is 5.33. The summed E-state index contributed by atoms with van der Waals surface area (Å²) in [5, 5.41) is 0. The monoisotopic (exact) mass is 503 g/mol. The van der Waals surface area contributed by atoms with Crippen LogP contribution in [-0.2, 0) is 10.0 Å². The first-order chi connectivity index (χ1) is 9.70. The summed E-state index contributed by atoms with van der Waals surface area (Å²) in [5.74, 6) is -1.83. The zero-order valence-electron chi connectivity index (χ0n) is 10.0. The Kier molecular flexibility index (Phi) is 5.07. The van der Waals surface area contributed by atoms with Gasteiger partial charge in [0, 0.05) is 19.5 Å². The van der Waals surface area contributed by atoms with E-state index in [9.17, 15) is 17.2 Å². The minimum Gasteiger partial charge on any atom is -0.275 e. The van der Waals surface area contributed by atoms with E-state index in [0.29, 0.717) is 15.0 Å². The van der Waals surface area contributed by atoms with Gasteiger partial charge in [-0.2, -0.15) is 0 Å².